The van der Waals surface area contributed by atoms with Crippen LogP contribution >= 0.6 is 0 Å². The number of nitriles is 1. The van der Waals surface area contributed by atoms with Crippen LogP contribution in [0.15, 0.2) is 168 Å². The van der Waals surface area contributed by atoms with E-state index in [1.165, 1.54) is 75.8 Å². The van der Waals surface area contributed by atoms with E-state index in [0.29, 0.717) is 5.56 Å². The van der Waals surface area contributed by atoms with Gasteiger partial charge in [0.1, 0.15) is 11.2 Å². The Bertz CT molecular complexity index is 3300. The monoisotopic (exact) mass is 645 g/mol. The lowest BCUT2D eigenvalue weighted by Crippen LogP contribution is -1.86. The number of rotatable bonds is 2. The van der Waals surface area contributed by atoms with Crippen molar-refractivity contribution in [1.29, 1.82) is 5.26 Å². The topological polar surface area (TPSA) is 36.9 Å². The van der Waals surface area contributed by atoms with Crippen LogP contribution in [0.25, 0.3) is 109 Å². The van der Waals surface area contributed by atoms with Gasteiger partial charge in [-0.05, 0) is 124 Å². The van der Waals surface area contributed by atoms with Gasteiger partial charge >= 0.3 is 0 Å². The van der Waals surface area contributed by atoms with Crippen LogP contribution in [-0.4, -0.2) is 0 Å². The fraction of sp³-hybridized carbons (Fsp3) is 0. The number of hydrogen-bond acceptors (Lipinski definition) is 2. The van der Waals surface area contributed by atoms with E-state index in [0.717, 1.165) is 33.1 Å². The maximum atomic E-state index is 9.19. The van der Waals surface area contributed by atoms with Crippen LogP contribution in [0.1, 0.15) is 5.56 Å². The van der Waals surface area contributed by atoms with Gasteiger partial charge in [0.05, 0.1) is 11.6 Å². The summed E-state index contributed by atoms with van der Waals surface area (Å²) in [5, 5.41) is 26.1. The SMILES string of the molecule is N#Cc1ccc(-c2ccc3cc(-c4ccc5c(c4)c4ccccc4c4cc6c(cc54)oc4c5ccccc5c5ccccc5c64)ccc3c2)cc1. The maximum absolute atomic E-state index is 9.19. The Balaban J connectivity index is 1.11. The second-order valence-electron chi connectivity index (χ2n) is 13.6. The number of hydrogen-bond donors (Lipinski definition) is 0. The average molecular weight is 646 g/mol. The molecule has 0 radical (unpaired) electrons. The van der Waals surface area contributed by atoms with Crippen LogP contribution in [0, 0.1) is 11.3 Å². The van der Waals surface area contributed by atoms with Crippen molar-refractivity contribution in [2.75, 3.05) is 0 Å². The lowest BCUT2D eigenvalue weighted by atomic mass is 9.90. The lowest BCUT2D eigenvalue weighted by molar-refractivity contribution is 0.673. The second kappa shape index (κ2) is 10.5. The minimum absolute atomic E-state index is 0.672. The van der Waals surface area contributed by atoms with Gasteiger partial charge in [0, 0.05) is 16.2 Å². The molecular weight excluding hydrogens is 619 g/mol. The van der Waals surface area contributed by atoms with E-state index >= 15 is 0 Å². The molecule has 234 valence electrons. The molecule has 2 nitrogen and oxygen atoms in total. The molecule has 1 aromatic heterocycles. The molecule has 0 aliphatic rings. The highest BCUT2D eigenvalue weighted by Crippen LogP contribution is 2.45. The number of furan rings is 1. The summed E-state index contributed by atoms with van der Waals surface area (Å²) in [5.41, 5.74) is 7.16. The molecule has 0 bridgehead atoms. The zero-order valence-electron chi connectivity index (χ0n) is 27.4. The van der Waals surface area contributed by atoms with Crippen LogP contribution < -0.4 is 0 Å². The van der Waals surface area contributed by atoms with E-state index in [1.807, 2.05) is 24.3 Å². The second-order valence-corrected chi connectivity index (χ2v) is 13.6. The molecular formula is C49H27NO. The van der Waals surface area contributed by atoms with Gasteiger partial charge in [0.15, 0.2) is 0 Å². The molecule has 0 fully saturated rings. The molecule has 10 aromatic carbocycles. The van der Waals surface area contributed by atoms with Gasteiger partial charge in [-0.2, -0.15) is 5.26 Å². The molecule has 11 rings (SSSR count). The molecule has 0 atom stereocenters. The summed E-state index contributed by atoms with van der Waals surface area (Å²) in [4.78, 5) is 0. The van der Waals surface area contributed by atoms with Crippen LogP contribution in [0.4, 0.5) is 0 Å². The van der Waals surface area contributed by atoms with E-state index in [2.05, 4.69) is 146 Å². The minimum Gasteiger partial charge on any atom is -0.455 e. The molecule has 0 saturated heterocycles. The van der Waals surface area contributed by atoms with Crippen LogP contribution in [0.2, 0.25) is 0 Å². The first kappa shape index (κ1) is 27.9. The van der Waals surface area contributed by atoms with Gasteiger partial charge in [-0.25, -0.2) is 0 Å². The highest BCUT2D eigenvalue weighted by atomic mass is 16.3. The highest BCUT2D eigenvalue weighted by Gasteiger charge is 2.18. The predicted octanol–water partition coefficient (Wildman–Crippen LogP) is 13.7. The summed E-state index contributed by atoms with van der Waals surface area (Å²) in [7, 11) is 0. The Hall–Kier alpha value is -6.95. The summed E-state index contributed by atoms with van der Waals surface area (Å²) in [6.45, 7) is 0. The zero-order valence-corrected chi connectivity index (χ0v) is 27.4. The van der Waals surface area contributed by atoms with Crippen molar-refractivity contribution in [2.45, 2.75) is 0 Å². The summed E-state index contributed by atoms with van der Waals surface area (Å²) < 4.78 is 6.81. The van der Waals surface area contributed by atoms with Crippen molar-refractivity contribution < 1.29 is 4.42 Å². The molecule has 0 spiro atoms. The normalized spacial score (nSPS) is 11.9. The molecule has 11 aromatic rings. The van der Waals surface area contributed by atoms with Crippen molar-refractivity contribution >= 4 is 86.6 Å². The smallest absolute Gasteiger partial charge is 0.143 e. The van der Waals surface area contributed by atoms with Crippen molar-refractivity contribution in [3.63, 3.8) is 0 Å². The summed E-state index contributed by atoms with van der Waals surface area (Å²) >= 11 is 0. The average Bonchev–Trinajstić information content (AvgIpc) is 3.59. The Morgan fingerprint density at radius 2 is 0.824 bits per heavy atom. The third kappa shape index (κ3) is 4.10. The van der Waals surface area contributed by atoms with E-state index < -0.39 is 0 Å². The molecule has 0 amide bonds. The third-order valence-corrected chi connectivity index (χ3v) is 10.8. The summed E-state index contributed by atoms with van der Waals surface area (Å²) in [6, 6.07) is 60.9. The maximum Gasteiger partial charge on any atom is 0.143 e. The number of fused-ring (bicyclic) bond motifs is 15. The van der Waals surface area contributed by atoms with Gasteiger partial charge in [-0.1, -0.05) is 121 Å². The first-order valence-corrected chi connectivity index (χ1v) is 17.3. The van der Waals surface area contributed by atoms with Crippen LogP contribution in [-0.2, 0) is 0 Å². The highest BCUT2D eigenvalue weighted by molar-refractivity contribution is 6.33. The number of benzene rings is 10. The Labute approximate surface area is 293 Å². The molecule has 0 saturated carbocycles. The number of nitrogens with zero attached hydrogens (tertiary/aromatic N) is 1. The molecule has 0 aliphatic heterocycles. The first-order chi connectivity index (χ1) is 25.2. The largest absolute Gasteiger partial charge is 0.455 e. The standard InChI is InChI=1S/C49H27NO/c50-28-29-13-15-30(16-14-29)31-17-18-33-24-34(20-19-32(33)23-31)35-21-22-40-43(25-35)38-9-1-2-10-39(38)44-26-46-47(27-45(40)44)51-49-42-12-6-4-8-37(42)36-7-3-5-11-41(36)48(46)49/h1-27H. The Morgan fingerprint density at radius 3 is 1.49 bits per heavy atom. The molecule has 1 heterocycles. The summed E-state index contributed by atoms with van der Waals surface area (Å²) in [5.74, 6) is 0. The quantitative estimate of drug-likeness (QED) is 0.175. The van der Waals surface area contributed by atoms with Gasteiger partial charge < -0.3 is 4.42 Å². The van der Waals surface area contributed by atoms with Gasteiger partial charge in [-0.3, -0.25) is 0 Å². The predicted molar refractivity (Wildman–Crippen MR) is 214 cm³/mol. The fourth-order valence-corrected chi connectivity index (χ4v) is 8.37. The van der Waals surface area contributed by atoms with E-state index in [4.69, 9.17) is 4.42 Å². The van der Waals surface area contributed by atoms with Crippen molar-refractivity contribution in [2.24, 2.45) is 0 Å². The molecule has 0 N–H and O–H groups in total. The minimum atomic E-state index is 0.672. The van der Waals surface area contributed by atoms with Gasteiger partial charge in [-0.15, -0.1) is 0 Å². The van der Waals surface area contributed by atoms with Crippen LogP contribution in [0.5, 0.6) is 0 Å². The zero-order chi connectivity index (χ0) is 33.6. The van der Waals surface area contributed by atoms with Crippen molar-refractivity contribution in [1.82, 2.24) is 0 Å². The van der Waals surface area contributed by atoms with Crippen molar-refractivity contribution in [3.8, 4) is 28.3 Å². The third-order valence-electron chi connectivity index (χ3n) is 10.8. The van der Waals surface area contributed by atoms with E-state index in [1.54, 1.807) is 0 Å². The molecule has 2 heteroatoms. The summed E-state index contributed by atoms with van der Waals surface area (Å²) in [6.07, 6.45) is 0. The molecule has 0 unspecified atom stereocenters. The van der Waals surface area contributed by atoms with E-state index in [9.17, 15) is 5.26 Å². The van der Waals surface area contributed by atoms with E-state index in [-0.39, 0.29) is 0 Å². The Morgan fingerprint density at radius 1 is 0.353 bits per heavy atom. The fourth-order valence-electron chi connectivity index (χ4n) is 8.37. The molecule has 0 aliphatic carbocycles. The first-order valence-electron chi connectivity index (χ1n) is 17.3. The lowest BCUT2D eigenvalue weighted by Gasteiger charge is -2.13. The van der Waals surface area contributed by atoms with Gasteiger partial charge in [0.2, 0.25) is 0 Å². The van der Waals surface area contributed by atoms with Crippen LogP contribution in [0.3, 0.4) is 0 Å². The van der Waals surface area contributed by atoms with Gasteiger partial charge in [0.25, 0.3) is 0 Å². The Kier molecular flexibility index (Phi) is 5.77. The van der Waals surface area contributed by atoms with Crippen molar-refractivity contribution in [3.05, 3.63) is 169 Å². The molecule has 51 heavy (non-hydrogen) atoms.